The number of benzene rings is 1. The number of nitriles is 1. The van der Waals surface area contributed by atoms with Crippen LogP contribution in [-0.2, 0) is 11.3 Å². The molecule has 0 radical (unpaired) electrons. The van der Waals surface area contributed by atoms with Crippen molar-refractivity contribution >= 4 is 15.9 Å². The van der Waals surface area contributed by atoms with Crippen LogP contribution in [0.3, 0.4) is 0 Å². The number of hydrogen-bond donors (Lipinski definition) is 1. The Balaban J connectivity index is 1.82. The van der Waals surface area contributed by atoms with Crippen molar-refractivity contribution in [2.24, 2.45) is 0 Å². The first-order valence-electron chi connectivity index (χ1n) is 7.02. The Kier molecular flexibility index (Phi) is 4.52. The van der Waals surface area contributed by atoms with Crippen LogP contribution < -0.4 is 0 Å². The van der Waals surface area contributed by atoms with E-state index in [1.807, 2.05) is 18.2 Å². The SMILES string of the molecule is CO[C@@H]1C[C@@H](c2ncn[nH]2)N(Cc2ccc(C#N)cc2Br)C1. The fourth-order valence-corrected chi connectivity index (χ4v) is 3.34. The van der Waals surface area contributed by atoms with Crippen LogP contribution in [0.1, 0.15) is 29.4 Å². The van der Waals surface area contributed by atoms with E-state index < -0.39 is 0 Å². The molecule has 1 fully saturated rings. The molecule has 1 saturated heterocycles. The summed E-state index contributed by atoms with van der Waals surface area (Å²) in [6.07, 6.45) is 2.61. The molecule has 1 aliphatic rings. The molecule has 1 aromatic heterocycles. The van der Waals surface area contributed by atoms with Crippen LogP contribution in [0, 0.1) is 11.3 Å². The number of H-pyrrole nitrogens is 1. The van der Waals surface area contributed by atoms with E-state index in [1.165, 1.54) is 6.33 Å². The van der Waals surface area contributed by atoms with Crippen molar-refractivity contribution < 1.29 is 4.74 Å². The average molecular weight is 362 g/mol. The van der Waals surface area contributed by atoms with Crippen LogP contribution in [0.4, 0.5) is 0 Å². The largest absolute Gasteiger partial charge is 0.380 e. The topological polar surface area (TPSA) is 77.8 Å². The minimum Gasteiger partial charge on any atom is -0.380 e. The zero-order valence-corrected chi connectivity index (χ0v) is 13.7. The molecule has 0 unspecified atom stereocenters. The summed E-state index contributed by atoms with van der Waals surface area (Å²) in [6, 6.07) is 7.99. The predicted molar refractivity (Wildman–Crippen MR) is 83.8 cm³/mol. The van der Waals surface area contributed by atoms with E-state index >= 15 is 0 Å². The molecule has 1 N–H and O–H groups in total. The smallest absolute Gasteiger partial charge is 0.141 e. The van der Waals surface area contributed by atoms with Gasteiger partial charge in [-0.2, -0.15) is 10.4 Å². The van der Waals surface area contributed by atoms with Gasteiger partial charge in [-0.1, -0.05) is 22.0 Å². The monoisotopic (exact) mass is 361 g/mol. The maximum atomic E-state index is 8.95. The van der Waals surface area contributed by atoms with E-state index in [2.05, 4.69) is 42.1 Å². The second-order valence-electron chi connectivity index (χ2n) is 5.33. The molecule has 6 nitrogen and oxygen atoms in total. The number of nitrogens with zero attached hydrogens (tertiary/aromatic N) is 4. The third-order valence-corrected chi connectivity index (χ3v) is 4.74. The fraction of sp³-hybridized carbons (Fsp3) is 0.400. The summed E-state index contributed by atoms with van der Waals surface area (Å²) in [5.41, 5.74) is 1.79. The number of aromatic amines is 1. The highest BCUT2D eigenvalue weighted by atomic mass is 79.9. The number of nitrogens with one attached hydrogen (secondary N) is 1. The number of ether oxygens (including phenoxy) is 1. The highest BCUT2D eigenvalue weighted by molar-refractivity contribution is 9.10. The maximum absolute atomic E-state index is 8.95. The molecule has 2 heterocycles. The summed E-state index contributed by atoms with van der Waals surface area (Å²) in [5, 5.41) is 15.9. The molecule has 1 aromatic carbocycles. The second-order valence-corrected chi connectivity index (χ2v) is 6.18. The van der Waals surface area contributed by atoms with Gasteiger partial charge < -0.3 is 4.74 Å². The fourth-order valence-electron chi connectivity index (χ4n) is 2.83. The first-order chi connectivity index (χ1) is 10.7. The highest BCUT2D eigenvalue weighted by Gasteiger charge is 2.35. The predicted octanol–water partition coefficient (Wildman–Crippen LogP) is 2.40. The van der Waals surface area contributed by atoms with Crippen LogP contribution in [0.15, 0.2) is 29.0 Å². The number of aromatic nitrogens is 3. The summed E-state index contributed by atoms with van der Waals surface area (Å²) < 4.78 is 6.46. The molecule has 2 atom stereocenters. The molecule has 22 heavy (non-hydrogen) atoms. The molecule has 7 heteroatoms. The Morgan fingerprint density at radius 2 is 2.41 bits per heavy atom. The molecule has 3 rings (SSSR count). The molecule has 1 aliphatic heterocycles. The summed E-state index contributed by atoms with van der Waals surface area (Å²) in [6.45, 7) is 1.60. The zero-order valence-electron chi connectivity index (χ0n) is 12.2. The second kappa shape index (κ2) is 6.57. The molecule has 0 saturated carbocycles. The van der Waals surface area contributed by atoms with Gasteiger partial charge in [0.15, 0.2) is 0 Å². The van der Waals surface area contributed by atoms with Gasteiger partial charge in [0.25, 0.3) is 0 Å². The minimum atomic E-state index is 0.162. The number of methoxy groups -OCH3 is 1. The molecule has 2 aromatic rings. The number of likely N-dealkylation sites (tertiary alicyclic amines) is 1. The molecule has 114 valence electrons. The van der Waals surface area contributed by atoms with Gasteiger partial charge in [0, 0.05) is 24.7 Å². The summed E-state index contributed by atoms with van der Waals surface area (Å²) in [4.78, 5) is 6.61. The Morgan fingerprint density at radius 1 is 1.55 bits per heavy atom. The summed E-state index contributed by atoms with van der Waals surface area (Å²) in [7, 11) is 1.74. The molecule has 0 aliphatic carbocycles. The molecule has 0 amide bonds. The van der Waals surface area contributed by atoms with Crippen LogP contribution >= 0.6 is 15.9 Å². The van der Waals surface area contributed by atoms with Gasteiger partial charge in [-0.25, -0.2) is 4.98 Å². The van der Waals surface area contributed by atoms with Crippen molar-refractivity contribution in [3.05, 3.63) is 46.0 Å². The standard InChI is InChI=1S/C15H16BrN5O/c1-22-12-5-14(15-18-9-19-20-15)21(8-12)7-11-3-2-10(6-17)4-13(11)16/h2-4,9,12,14H,5,7-8H2,1H3,(H,18,19,20)/t12-,14+/m1/s1. The maximum Gasteiger partial charge on any atom is 0.141 e. The number of halogens is 1. The third-order valence-electron chi connectivity index (χ3n) is 4.00. The summed E-state index contributed by atoms with van der Waals surface area (Å²) >= 11 is 3.55. The first kappa shape index (κ1) is 15.2. The van der Waals surface area contributed by atoms with Crippen LogP contribution in [0.5, 0.6) is 0 Å². The quantitative estimate of drug-likeness (QED) is 0.904. The van der Waals surface area contributed by atoms with E-state index in [4.69, 9.17) is 10.00 Å². The van der Waals surface area contributed by atoms with Crippen LogP contribution in [-0.4, -0.2) is 39.8 Å². The van der Waals surface area contributed by atoms with Gasteiger partial charge in [0.05, 0.1) is 23.8 Å². The number of hydrogen-bond acceptors (Lipinski definition) is 5. The van der Waals surface area contributed by atoms with Gasteiger partial charge >= 0.3 is 0 Å². The van der Waals surface area contributed by atoms with Crippen molar-refractivity contribution in [1.82, 2.24) is 20.1 Å². The van der Waals surface area contributed by atoms with Crippen LogP contribution in [0.25, 0.3) is 0 Å². The van der Waals surface area contributed by atoms with E-state index in [1.54, 1.807) is 7.11 Å². The molecule has 0 bridgehead atoms. The first-order valence-corrected chi connectivity index (χ1v) is 7.81. The zero-order chi connectivity index (χ0) is 15.5. The Bertz CT molecular complexity index is 682. The van der Waals surface area contributed by atoms with E-state index in [9.17, 15) is 0 Å². The highest BCUT2D eigenvalue weighted by Crippen LogP contribution is 2.33. The third kappa shape index (κ3) is 3.04. The van der Waals surface area contributed by atoms with Gasteiger partial charge in [-0.15, -0.1) is 0 Å². The van der Waals surface area contributed by atoms with Gasteiger partial charge in [-0.3, -0.25) is 10.00 Å². The lowest BCUT2D eigenvalue weighted by Crippen LogP contribution is -2.25. The average Bonchev–Trinajstić information content (AvgIpc) is 3.18. The lowest BCUT2D eigenvalue weighted by Gasteiger charge is -2.22. The summed E-state index contributed by atoms with van der Waals surface area (Å²) in [5.74, 6) is 0.865. The Labute approximate surface area is 137 Å². The van der Waals surface area contributed by atoms with E-state index in [0.29, 0.717) is 5.56 Å². The van der Waals surface area contributed by atoms with E-state index in [0.717, 1.165) is 35.4 Å². The Morgan fingerprint density at radius 3 is 3.05 bits per heavy atom. The van der Waals surface area contributed by atoms with Crippen molar-refractivity contribution in [2.75, 3.05) is 13.7 Å². The van der Waals surface area contributed by atoms with Crippen molar-refractivity contribution in [3.63, 3.8) is 0 Å². The van der Waals surface area contributed by atoms with Crippen molar-refractivity contribution in [3.8, 4) is 6.07 Å². The normalized spacial score (nSPS) is 21.9. The van der Waals surface area contributed by atoms with Gasteiger partial charge in [0.2, 0.25) is 0 Å². The number of rotatable bonds is 4. The lowest BCUT2D eigenvalue weighted by atomic mass is 10.1. The van der Waals surface area contributed by atoms with Crippen LogP contribution in [0.2, 0.25) is 0 Å². The lowest BCUT2D eigenvalue weighted by molar-refractivity contribution is 0.107. The minimum absolute atomic E-state index is 0.162. The van der Waals surface area contributed by atoms with E-state index in [-0.39, 0.29) is 12.1 Å². The van der Waals surface area contributed by atoms with Gasteiger partial charge in [-0.05, 0) is 24.1 Å². The molecular formula is C15H16BrN5O. The molecular weight excluding hydrogens is 346 g/mol. The van der Waals surface area contributed by atoms with Gasteiger partial charge in [0.1, 0.15) is 12.2 Å². The van der Waals surface area contributed by atoms with Crippen molar-refractivity contribution in [2.45, 2.75) is 25.1 Å². The molecule has 0 spiro atoms. The van der Waals surface area contributed by atoms with Crippen molar-refractivity contribution in [1.29, 1.82) is 5.26 Å². The Hall–Kier alpha value is -1.75.